The van der Waals surface area contributed by atoms with Crippen LogP contribution < -0.4 is 20.7 Å². The van der Waals surface area contributed by atoms with Crippen LogP contribution in [0.15, 0.2) is 53.5 Å². The van der Waals surface area contributed by atoms with E-state index in [0.29, 0.717) is 24.1 Å². The van der Waals surface area contributed by atoms with E-state index in [9.17, 15) is 4.79 Å². The van der Waals surface area contributed by atoms with E-state index in [4.69, 9.17) is 16.3 Å². The smallest absolute Gasteiger partial charge is 0.239 e. The van der Waals surface area contributed by atoms with Crippen molar-refractivity contribution in [2.45, 2.75) is 13.1 Å². The van der Waals surface area contributed by atoms with Gasteiger partial charge >= 0.3 is 0 Å². The van der Waals surface area contributed by atoms with Crippen LogP contribution in [0.5, 0.6) is 5.75 Å². The molecule has 0 atom stereocenters. The van der Waals surface area contributed by atoms with Crippen molar-refractivity contribution >= 4 is 47.4 Å². The van der Waals surface area contributed by atoms with Gasteiger partial charge < -0.3 is 20.7 Å². The van der Waals surface area contributed by atoms with E-state index >= 15 is 0 Å². The number of carbonyl (C=O) groups is 1. The average Bonchev–Trinajstić information content (AvgIpc) is 2.68. The molecular weight excluding hydrogens is 479 g/mol. The van der Waals surface area contributed by atoms with Gasteiger partial charge in [0.1, 0.15) is 5.75 Å². The minimum Gasteiger partial charge on any atom is -0.497 e. The van der Waals surface area contributed by atoms with Gasteiger partial charge in [0.25, 0.3) is 0 Å². The Bertz CT molecular complexity index is 754. The molecule has 0 aliphatic carbocycles. The highest BCUT2D eigenvalue weighted by Crippen LogP contribution is 2.14. The number of ether oxygens (including phenoxy) is 1. The molecule has 0 aliphatic heterocycles. The third kappa shape index (κ3) is 8.04. The molecular formula is C19H24ClIN4O2. The predicted octanol–water partition coefficient (Wildman–Crippen LogP) is 2.95. The largest absolute Gasteiger partial charge is 0.497 e. The van der Waals surface area contributed by atoms with Gasteiger partial charge in [0, 0.05) is 25.2 Å². The first-order valence-electron chi connectivity index (χ1n) is 8.20. The number of rotatable bonds is 7. The number of amides is 1. The predicted molar refractivity (Wildman–Crippen MR) is 120 cm³/mol. The highest BCUT2D eigenvalue weighted by Gasteiger charge is 2.05. The minimum absolute atomic E-state index is 0. The first kappa shape index (κ1) is 23.0. The number of guanidine groups is 1. The molecule has 0 fully saturated rings. The van der Waals surface area contributed by atoms with Gasteiger partial charge in [-0.05, 0) is 29.3 Å². The molecule has 0 aliphatic rings. The van der Waals surface area contributed by atoms with Crippen LogP contribution in [0.25, 0.3) is 0 Å². The third-order valence-corrected chi connectivity index (χ3v) is 4.06. The molecule has 1 amide bonds. The molecule has 0 aromatic heterocycles. The van der Waals surface area contributed by atoms with E-state index in [1.54, 1.807) is 14.2 Å². The number of methoxy groups -OCH3 is 1. The van der Waals surface area contributed by atoms with Gasteiger partial charge in [-0.15, -0.1) is 24.0 Å². The Kier molecular flexibility index (Phi) is 10.6. The van der Waals surface area contributed by atoms with Gasteiger partial charge in [-0.3, -0.25) is 9.79 Å². The van der Waals surface area contributed by atoms with Crippen LogP contribution in [0.4, 0.5) is 0 Å². The van der Waals surface area contributed by atoms with E-state index in [2.05, 4.69) is 20.9 Å². The lowest BCUT2D eigenvalue weighted by molar-refractivity contribution is -0.120. The van der Waals surface area contributed by atoms with Crippen LogP contribution in [-0.2, 0) is 17.9 Å². The Balaban J connectivity index is 0.00000364. The van der Waals surface area contributed by atoms with Crippen molar-refractivity contribution in [1.82, 2.24) is 16.0 Å². The number of carbonyl (C=O) groups excluding carboxylic acids is 1. The van der Waals surface area contributed by atoms with E-state index < -0.39 is 0 Å². The molecule has 2 rings (SSSR count). The third-order valence-electron chi connectivity index (χ3n) is 3.69. The summed E-state index contributed by atoms with van der Waals surface area (Å²) in [5.74, 6) is 1.20. The number of hydrogen-bond donors (Lipinski definition) is 3. The Morgan fingerprint density at radius 2 is 1.74 bits per heavy atom. The van der Waals surface area contributed by atoms with E-state index in [1.165, 1.54) is 0 Å². The minimum atomic E-state index is -0.124. The second-order valence-electron chi connectivity index (χ2n) is 5.50. The second-order valence-corrected chi connectivity index (χ2v) is 5.90. The molecule has 146 valence electrons. The van der Waals surface area contributed by atoms with Crippen LogP contribution in [0.3, 0.4) is 0 Å². The Morgan fingerprint density at radius 3 is 2.37 bits per heavy atom. The maximum absolute atomic E-state index is 12.0. The second kappa shape index (κ2) is 12.4. The van der Waals surface area contributed by atoms with Gasteiger partial charge in [-0.2, -0.15) is 0 Å². The zero-order valence-electron chi connectivity index (χ0n) is 15.3. The molecule has 6 nitrogen and oxygen atoms in total. The monoisotopic (exact) mass is 502 g/mol. The molecule has 8 heteroatoms. The Labute approximate surface area is 181 Å². The number of nitrogens with zero attached hydrogens (tertiary/aromatic N) is 1. The van der Waals surface area contributed by atoms with Gasteiger partial charge in [-0.25, -0.2) is 0 Å². The quantitative estimate of drug-likeness (QED) is 0.309. The molecule has 3 N–H and O–H groups in total. The highest BCUT2D eigenvalue weighted by atomic mass is 127. The summed E-state index contributed by atoms with van der Waals surface area (Å²) in [6, 6.07) is 15.1. The van der Waals surface area contributed by atoms with Crippen LogP contribution in [0.2, 0.25) is 5.02 Å². The van der Waals surface area contributed by atoms with Gasteiger partial charge in [-0.1, -0.05) is 41.9 Å². The lowest BCUT2D eigenvalue weighted by Crippen LogP contribution is -2.42. The molecule has 2 aromatic rings. The zero-order valence-corrected chi connectivity index (χ0v) is 18.4. The number of benzene rings is 2. The van der Waals surface area contributed by atoms with Gasteiger partial charge in [0.05, 0.1) is 13.7 Å². The van der Waals surface area contributed by atoms with Crippen molar-refractivity contribution in [3.05, 3.63) is 64.7 Å². The Hall–Kier alpha value is -2.00. The SMILES string of the molecule is CN=C(NCC(=O)NCc1ccc(OC)cc1)NCc1ccccc1Cl.I. The van der Waals surface area contributed by atoms with Crippen LogP contribution in [0.1, 0.15) is 11.1 Å². The van der Waals surface area contributed by atoms with Crippen LogP contribution in [0, 0.1) is 0 Å². The first-order chi connectivity index (χ1) is 12.6. The number of halogens is 2. The van der Waals surface area contributed by atoms with E-state index in [0.717, 1.165) is 16.9 Å². The zero-order chi connectivity index (χ0) is 18.8. The molecule has 2 aromatic carbocycles. The maximum Gasteiger partial charge on any atom is 0.239 e. The summed E-state index contributed by atoms with van der Waals surface area (Å²) in [6.07, 6.45) is 0. The molecule has 0 saturated carbocycles. The van der Waals surface area contributed by atoms with Crippen molar-refractivity contribution in [2.24, 2.45) is 4.99 Å². The fraction of sp³-hybridized carbons (Fsp3) is 0.263. The lowest BCUT2D eigenvalue weighted by atomic mass is 10.2. The summed E-state index contributed by atoms with van der Waals surface area (Å²) in [4.78, 5) is 16.1. The molecule has 0 heterocycles. The summed E-state index contributed by atoms with van der Waals surface area (Å²) in [7, 11) is 3.27. The summed E-state index contributed by atoms with van der Waals surface area (Å²) in [5, 5.41) is 9.65. The standard InChI is InChI=1S/C19H23ClN4O2.HI/c1-21-19(23-12-15-5-3-4-6-17(15)20)24-13-18(25)22-11-14-7-9-16(26-2)10-8-14;/h3-10H,11-13H2,1-2H3,(H,22,25)(H2,21,23,24);1H. The van der Waals surface area contributed by atoms with E-state index in [1.807, 2.05) is 48.5 Å². The van der Waals surface area contributed by atoms with Crippen molar-refractivity contribution in [1.29, 1.82) is 0 Å². The lowest BCUT2D eigenvalue weighted by Gasteiger charge is -2.13. The summed E-state index contributed by atoms with van der Waals surface area (Å²) < 4.78 is 5.11. The first-order valence-corrected chi connectivity index (χ1v) is 8.57. The van der Waals surface area contributed by atoms with Crippen LogP contribution in [-0.4, -0.2) is 32.6 Å². The normalized spacial score (nSPS) is 10.6. The number of hydrogen-bond acceptors (Lipinski definition) is 3. The maximum atomic E-state index is 12.0. The van der Waals surface area contributed by atoms with Gasteiger partial charge in [0.15, 0.2) is 5.96 Å². The highest BCUT2D eigenvalue weighted by molar-refractivity contribution is 14.0. The molecule has 0 spiro atoms. The Morgan fingerprint density at radius 1 is 1.04 bits per heavy atom. The fourth-order valence-corrected chi connectivity index (χ4v) is 2.41. The summed E-state index contributed by atoms with van der Waals surface area (Å²) >= 11 is 6.12. The number of nitrogens with one attached hydrogen (secondary N) is 3. The fourth-order valence-electron chi connectivity index (χ4n) is 2.21. The summed E-state index contributed by atoms with van der Waals surface area (Å²) in [5.41, 5.74) is 1.96. The molecule has 0 bridgehead atoms. The van der Waals surface area contributed by atoms with Crippen molar-refractivity contribution in [2.75, 3.05) is 20.7 Å². The van der Waals surface area contributed by atoms with Crippen molar-refractivity contribution < 1.29 is 9.53 Å². The van der Waals surface area contributed by atoms with Crippen molar-refractivity contribution in [3.8, 4) is 5.75 Å². The molecule has 27 heavy (non-hydrogen) atoms. The van der Waals surface area contributed by atoms with E-state index in [-0.39, 0.29) is 36.4 Å². The topological polar surface area (TPSA) is 74.8 Å². The van der Waals surface area contributed by atoms with Crippen molar-refractivity contribution in [3.63, 3.8) is 0 Å². The molecule has 0 radical (unpaired) electrons. The molecule has 0 unspecified atom stereocenters. The molecule has 0 saturated heterocycles. The average molecular weight is 503 g/mol. The summed E-state index contributed by atoms with van der Waals surface area (Å²) in [6.45, 7) is 1.10. The number of aliphatic imine (C=N–C) groups is 1. The van der Waals surface area contributed by atoms with Crippen LogP contribution >= 0.6 is 35.6 Å². The van der Waals surface area contributed by atoms with Gasteiger partial charge in [0.2, 0.25) is 5.91 Å².